The van der Waals surface area contributed by atoms with Crippen LogP contribution in [0.5, 0.6) is 0 Å². The van der Waals surface area contributed by atoms with E-state index in [1.54, 1.807) is 37.7 Å². The third-order valence-corrected chi connectivity index (χ3v) is 9.23. The molecule has 0 aliphatic heterocycles. The Morgan fingerprint density at radius 1 is 0.621 bits per heavy atom. The Labute approximate surface area is 181 Å². The van der Waals surface area contributed by atoms with Crippen molar-refractivity contribution in [1.29, 1.82) is 0 Å². The topological polar surface area (TPSA) is 0 Å². The first-order chi connectivity index (χ1) is 14.2. The van der Waals surface area contributed by atoms with Crippen molar-refractivity contribution >= 4 is 0 Å². The Morgan fingerprint density at radius 3 is 1.90 bits per heavy atom. The van der Waals surface area contributed by atoms with Crippen LogP contribution in [-0.2, 0) is 6.42 Å². The SMILES string of the molecule is CCCC1CCC(CCC2CCC3CC(c4ccc(CC)cc4)CCC3C2)CC1. The van der Waals surface area contributed by atoms with Gasteiger partial charge in [-0.1, -0.05) is 95.9 Å². The lowest BCUT2D eigenvalue weighted by Gasteiger charge is -2.43. The summed E-state index contributed by atoms with van der Waals surface area (Å²) in [4.78, 5) is 0. The molecule has 0 saturated heterocycles. The highest BCUT2D eigenvalue weighted by Crippen LogP contribution is 2.48. The van der Waals surface area contributed by atoms with Crippen molar-refractivity contribution in [3.63, 3.8) is 0 Å². The van der Waals surface area contributed by atoms with Crippen molar-refractivity contribution in [2.75, 3.05) is 0 Å². The summed E-state index contributed by atoms with van der Waals surface area (Å²) in [5.74, 6) is 6.13. The molecule has 0 heteroatoms. The Morgan fingerprint density at radius 2 is 1.21 bits per heavy atom. The van der Waals surface area contributed by atoms with Crippen molar-refractivity contribution in [2.24, 2.45) is 29.6 Å². The summed E-state index contributed by atoms with van der Waals surface area (Å²) >= 11 is 0. The largest absolute Gasteiger partial charge is 0.0654 e. The van der Waals surface area contributed by atoms with Gasteiger partial charge >= 0.3 is 0 Å². The maximum atomic E-state index is 2.44. The minimum Gasteiger partial charge on any atom is -0.0654 e. The van der Waals surface area contributed by atoms with Crippen molar-refractivity contribution in [2.45, 2.75) is 116 Å². The average molecular weight is 395 g/mol. The first-order valence-corrected chi connectivity index (χ1v) is 13.3. The zero-order valence-electron chi connectivity index (χ0n) is 19.4. The molecule has 4 unspecified atom stereocenters. The van der Waals surface area contributed by atoms with E-state index in [0.29, 0.717) is 0 Å². The monoisotopic (exact) mass is 394 g/mol. The maximum Gasteiger partial charge on any atom is -0.0159 e. The summed E-state index contributed by atoms with van der Waals surface area (Å²) in [5, 5.41) is 0. The van der Waals surface area contributed by atoms with Gasteiger partial charge in [-0.25, -0.2) is 0 Å². The van der Waals surface area contributed by atoms with Gasteiger partial charge in [0.2, 0.25) is 0 Å². The van der Waals surface area contributed by atoms with Crippen LogP contribution in [0.2, 0.25) is 0 Å². The second-order valence-electron chi connectivity index (χ2n) is 11.1. The van der Waals surface area contributed by atoms with Crippen molar-refractivity contribution in [1.82, 2.24) is 0 Å². The molecule has 3 aliphatic rings. The lowest BCUT2D eigenvalue weighted by Crippen LogP contribution is -2.30. The fourth-order valence-electron chi connectivity index (χ4n) is 7.27. The van der Waals surface area contributed by atoms with E-state index in [1.807, 2.05) is 0 Å². The molecule has 0 N–H and O–H groups in total. The number of hydrogen-bond donors (Lipinski definition) is 0. The molecule has 0 aromatic heterocycles. The number of fused-ring (bicyclic) bond motifs is 1. The molecule has 3 fully saturated rings. The molecular weight excluding hydrogens is 348 g/mol. The highest BCUT2D eigenvalue weighted by Gasteiger charge is 2.36. The summed E-state index contributed by atoms with van der Waals surface area (Å²) in [6.07, 6.45) is 22.4. The van der Waals surface area contributed by atoms with Crippen molar-refractivity contribution in [3.05, 3.63) is 35.4 Å². The molecule has 162 valence electrons. The predicted molar refractivity (Wildman–Crippen MR) is 126 cm³/mol. The normalized spacial score (nSPS) is 35.2. The van der Waals surface area contributed by atoms with Gasteiger partial charge in [-0.15, -0.1) is 0 Å². The zero-order chi connectivity index (χ0) is 20.1. The molecule has 1 aromatic rings. The molecule has 0 radical (unpaired) electrons. The molecule has 29 heavy (non-hydrogen) atoms. The minimum absolute atomic E-state index is 0.844. The predicted octanol–water partition coefficient (Wildman–Crippen LogP) is 8.94. The van der Waals surface area contributed by atoms with Crippen LogP contribution in [0.1, 0.15) is 121 Å². The van der Waals surface area contributed by atoms with Gasteiger partial charge in [-0.2, -0.15) is 0 Å². The van der Waals surface area contributed by atoms with Gasteiger partial charge in [0.05, 0.1) is 0 Å². The zero-order valence-corrected chi connectivity index (χ0v) is 19.4. The summed E-state index contributed by atoms with van der Waals surface area (Å²) in [6.45, 7) is 4.62. The lowest BCUT2D eigenvalue weighted by molar-refractivity contribution is 0.108. The van der Waals surface area contributed by atoms with E-state index < -0.39 is 0 Å². The maximum absolute atomic E-state index is 2.44. The Hall–Kier alpha value is -0.780. The molecule has 3 saturated carbocycles. The number of hydrogen-bond acceptors (Lipinski definition) is 0. The van der Waals surface area contributed by atoms with Crippen molar-refractivity contribution < 1.29 is 0 Å². The number of rotatable bonds is 7. The number of benzene rings is 1. The average Bonchev–Trinajstić information content (AvgIpc) is 2.78. The van der Waals surface area contributed by atoms with Crippen LogP contribution in [0.15, 0.2) is 24.3 Å². The van der Waals surface area contributed by atoms with Gasteiger partial charge in [-0.05, 0) is 85.2 Å². The summed E-state index contributed by atoms with van der Waals surface area (Å²) in [7, 11) is 0. The van der Waals surface area contributed by atoms with E-state index in [4.69, 9.17) is 0 Å². The molecule has 1 aromatic carbocycles. The van der Waals surface area contributed by atoms with E-state index in [9.17, 15) is 0 Å². The summed E-state index contributed by atoms with van der Waals surface area (Å²) in [5.41, 5.74) is 3.11. The molecule has 0 spiro atoms. The fraction of sp³-hybridized carbons (Fsp3) is 0.793. The van der Waals surface area contributed by atoms with Gasteiger partial charge in [-0.3, -0.25) is 0 Å². The van der Waals surface area contributed by atoms with Crippen LogP contribution in [0.4, 0.5) is 0 Å². The van der Waals surface area contributed by atoms with Crippen LogP contribution in [0.3, 0.4) is 0 Å². The van der Waals surface area contributed by atoms with Gasteiger partial charge in [0.1, 0.15) is 0 Å². The highest BCUT2D eigenvalue weighted by atomic mass is 14.4. The van der Waals surface area contributed by atoms with Crippen molar-refractivity contribution in [3.8, 4) is 0 Å². The van der Waals surface area contributed by atoms with Crippen LogP contribution in [-0.4, -0.2) is 0 Å². The van der Waals surface area contributed by atoms with E-state index in [2.05, 4.69) is 38.1 Å². The second-order valence-corrected chi connectivity index (χ2v) is 11.1. The molecule has 3 aliphatic carbocycles. The highest BCUT2D eigenvalue weighted by molar-refractivity contribution is 5.26. The third-order valence-electron chi connectivity index (χ3n) is 9.23. The van der Waals surface area contributed by atoms with Gasteiger partial charge in [0, 0.05) is 0 Å². The first kappa shape index (κ1) is 21.5. The Balaban J connectivity index is 1.19. The van der Waals surface area contributed by atoms with Gasteiger partial charge in [0.15, 0.2) is 0 Å². The van der Waals surface area contributed by atoms with Crippen LogP contribution < -0.4 is 0 Å². The molecule has 0 amide bonds. The Bertz CT molecular complexity index is 591. The van der Waals surface area contributed by atoms with Crippen LogP contribution in [0.25, 0.3) is 0 Å². The first-order valence-electron chi connectivity index (χ1n) is 13.3. The lowest BCUT2D eigenvalue weighted by atomic mass is 9.63. The van der Waals surface area contributed by atoms with Gasteiger partial charge in [0.25, 0.3) is 0 Å². The van der Waals surface area contributed by atoms with E-state index in [-0.39, 0.29) is 0 Å². The van der Waals surface area contributed by atoms with E-state index in [1.165, 1.54) is 63.4 Å². The van der Waals surface area contributed by atoms with E-state index >= 15 is 0 Å². The van der Waals surface area contributed by atoms with Gasteiger partial charge < -0.3 is 0 Å². The van der Waals surface area contributed by atoms with Crippen LogP contribution in [0, 0.1) is 29.6 Å². The molecule has 0 heterocycles. The molecule has 0 bridgehead atoms. The smallest absolute Gasteiger partial charge is 0.0159 e. The Kier molecular flexibility index (Phi) is 7.77. The quantitative estimate of drug-likeness (QED) is 0.433. The molecule has 0 nitrogen and oxygen atoms in total. The van der Waals surface area contributed by atoms with Crippen LogP contribution >= 0.6 is 0 Å². The summed E-state index contributed by atoms with van der Waals surface area (Å²) < 4.78 is 0. The molecular formula is C29H46. The number of aryl methyl sites for hydroxylation is 1. The minimum atomic E-state index is 0.844. The molecule has 4 atom stereocenters. The van der Waals surface area contributed by atoms with E-state index in [0.717, 1.165) is 41.9 Å². The fourth-order valence-corrected chi connectivity index (χ4v) is 7.27. The molecule has 4 rings (SSSR count). The standard InChI is InChI=1S/C29H46/c1-3-5-23-6-8-24(9-7-23)10-11-25-14-17-29-21-28(19-18-27(29)20-25)26-15-12-22(4-2)13-16-26/h12-13,15-16,23-25,27-29H,3-11,14,17-21H2,1-2H3. The summed E-state index contributed by atoms with van der Waals surface area (Å²) in [6, 6.07) is 9.61. The second kappa shape index (κ2) is 10.5. The third kappa shape index (κ3) is 5.68.